The Morgan fingerprint density at radius 2 is 2.05 bits per heavy atom. The molecule has 1 aliphatic rings. The number of rotatable bonds is 1. The number of hydrogen-bond acceptors (Lipinski definition) is 6. The van der Waals surface area contributed by atoms with Gasteiger partial charge in [-0.05, 0) is 28.9 Å². The fourth-order valence-electron chi connectivity index (χ4n) is 2.39. The van der Waals surface area contributed by atoms with E-state index in [-0.39, 0.29) is 0 Å². The Morgan fingerprint density at radius 3 is 2.89 bits per heavy atom. The average molecular weight is 278 g/mol. The lowest BCUT2D eigenvalue weighted by molar-refractivity contribution is 0.315. The molecule has 0 amide bonds. The van der Waals surface area contributed by atoms with E-state index in [0.717, 1.165) is 36.5 Å². The minimum atomic E-state index is 0.337. The number of hydrogen-bond donors (Lipinski definition) is 1. The highest BCUT2D eigenvalue weighted by atomic mass is 32.2. The summed E-state index contributed by atoms with van der Waals surface area (Å²) in [5.74, 6) is 1.12. The summed E-state index contributed by atoms with van der Waals surface area (Å²) in [6, 6.07) is 3.90. The van der Waals surface area contributed by atoms with Gasteiger partial charge in [0.15, 0.2) is 11.0 Å². The molecule has 1 aliphatic heterocycles. The maximum atomic E-state index is 5.89. The Balaban J connectivity index is 1.96. The van der Waals surface area contributed by atoms with Gasteiger partial charge in [0.25, 0.3) is 0 Å². The van der Waals surface area contributed by atoms with Crippen LogP contribution in [0.2, 0.25) is 0 Å². The molecule has 102 valence electrons. The summed E-state index contributed by atoms with van der Waals surface area (Å²) in [6.45, 7) is 6.64. The molecule has 1 aromatic heterocycles. The molecule has 1 saturated heterocycles. The molecule has 1 fully saturated rings. The molecular weight excluding hydrogens is 260 g/mol. The fraction of sp³-hybridized carbons (Fsp3) is 0.538. The predicted molar refractivity (Wildman–Crippen MR) is 79.6 cm³/mol. The molecule has 0 atom stereocenters. The van der Waals surface area contributed by atoms with Crippen molar-refractivity contribution in [1.82, 2.24) is 10.3 Å². The molecule has 3 rings (SSSR count). The standard InChI is InChI=1S/C13H18N4OS/c1-13(2)5-6-17(7-8-19-13)10-4-3-9(14)11-12(10)16-18-15-11/h3-4H,5-8,14H2,1-2H3. The van der Waals surface area contributed by atoms with Gasteiger partial charge in [-0.15, -0.1) is 0 Å². The quantitative estimate of drug-likeness (QED) is 0.808. The molecule has 0 bridgehead atoms. The fourth-order valence-corrected chi connectivity index (χ4v) is 3.49. The van der Waals surface area contributed by atoms with Gasteiger partial charge in [0, 0.05) is 23.6 Å². The third kappa shape index (κ3) is 2.36. The van der Waals surface area contributed by atoms with Crippen LogP contribution in [-0.4, -0.2) is 33.9 Å². The first kappa shape index (κ1) is 12.6. The normalized spacial score (nSPS) is 19.6. The molecule has 0 radical (unpaired) electrons. The second-order valence-electron chi connectivity index (χ2n) is 5.48. The van der Waals surface area contributed by atoms with Crippen molar-refractivity contribution in [2.45, 2.75) is 25.0 Å². The van der Waals surface area contributed by atoms with Crippen molar-refractivity contribution in [3.63, 3.8) is 0 Å². The minimum absolute atomic E-state index is 0.337. The number of fused-ring (bicyclic) bond motifs is 1. The highest BCUT2D eigenvalue weighted by molar-refractivity contribution is 8.00. The molecular formula is C13H18N4OS. The number of aromatic nitrogens is 2. The largest absolute Gasteiger partial charge is 0.397 e. The van der Waals surface area contributed by atoms with E-state index in [0.29, 0.717) is 16.0 Å². The number of nitrogens with zero attached hydrogens (tertiary/aromatic N) is 3. The molecule has 6 heteroatoms. The molecule has 1 aromatic carbocycles. The maximum Gasteiger partial charge on any atom is 0.160 e. The van der Waals surface area contributed by atoms with Gasteiger partial charge in [0.2, 0.25) is 0 Å². The molecule has 0 saturated carbocycles. The van der Waals surface area contributed by atoms with Crippen molar-refractivity contribution >= 4 is 34.2 Å². The van der Waals surface area contributed by atoms with E-state index in [1.54, 1.807) is 0 Å². The second-order valence-corrected chi connectivity index (χ2v) is 7.28. The Bertz CT molecular complexity index is 595. The zero-order valence-corrected chi connectivity index (χ0v) is 12.0. The van der Waals surface area contributed by atoms with Gasteiger partial charge in [-0.1, -0.05) is 13.8 Å². The zero-order valence-electron chi connectivity index (χ0n) is 11.2. The summed E-state index contributed by atoms with van der Waals surface area (Å²) in [5, 5.41) is 7.89. The van der Waals surface area contributed by atoms with Crippen LogP contribution in [0.3, 0.4) is 0 Å². The van der Waals surface area contributed by atoms with E-state index in [1.807, 2.05) is 23.9 Å². The molecule has 0 unspecified atom stereocenters. The zero-order chi connectivity index (χ0) is 13.5. The van der Waals surface area contributed by atoms with E-state index in [9.17, 15) is 0 Å². The summed E-state index contributed by atoms with van der Waals surface area (Å²) in [5.41, 5.74) is 9.01. The molecule has 0 aliphatic carbocycles. The van der Waals surface area contributed by atoms with Crippen LogP contribution >= 0.6 is 11.8 Å². The van der Waals surface area contributed by atoms with Crippen LogP contribution < -0.4 is 10.6 Å². The van der Waals surface area contributed by atoms with Crippen molar-refractivity contribution in [2.75, 3.05) is 29.5 Å². The van der Waals surface area contributed by atoms with E-state index < -0.39 is 0 Å². The van der Waals surface area contributed by atoms with Crippen molar-refractivity contribution in [3.8, 4) is 0 Å². The van der Waals surface area contributed by atoms with Crippen molar-refractivity contribution in [2.24, 2.45) is 0 Å². The van der Waals surface area contributed by atoms with Gasteiger partial charge < -0.3 is 10.6 Å². The van der Waals surface area contributed by atoms with Crippen molar-refractivity contribution < 1.29 is 4.63 Å². The monoisotopic (exact) mass is 278 g/mol. The third-order valence-corrected chi connectivity index (χ3v) is 4.98. The Morgan fingerprint density at radius 1 is 1.26 bits per heavy atom. The summed E-state index contributed by atoms with van der Waals surface area (Å²) in [6.07, 6.45) is 1.15. The number of thioether (sulfide) groups is 1. The van der Waals surface area contributed by atoms with E-state index >= 15 is 0 Å². The number of nitrogens with two attached hydrogens (primary N) is 1. The molecule has 19 heavy (non-hydrogen) atoms. The Hall–Kier alpha value is -1.43. The van der Waals surface area contributed by atoms with Gasteiger partial charge in [-0.25, -0.2) is 4.63 Å². The first-order chi connectivity index (χ1) is 9.07. The SMILES string of the molecule is CC1(C)CCN(c2ccc(N)c3nonc23)CCS1. The first-order valence-corrected chi connectivity index (χ1v) is 7.45. The molecule has 2 aromatic rings. The topological polar surface area (TPSA) is 68.2 Å². The van der Waals surface area contributed by atoms with Crippen LogP contribution in [-0.2, 0) is 0 Å². The summed E-state index contributed by atoms with van der Waals surface area (Å²) in [7, 11) is 0. The van der Waals surface area contributed by atoms with Crippen LogP contribution in [0.15, 0.2) is 16.8 Å². The van der Waals surface area contributed by atoms with Crippen molar-refractivity contribution in [3.05, 3.63) is 12.1 Å². The predicted octanol–water partition coefficient (Wildman–Crippen LogP) is 2.53. The average Bonchev–Trinajstić information content (AvgIpc) is 2.78. The highest BCUT2D eigenvalue weighted by Gasteiger charge is 2.25. The summed E-state index contributed by atoms with van der Waals surface area (Å²) >= 11 is 2.02. The van der Waals surface area contributed by atoms with Crippen LogP contribution in [0.5, 0.6) is 0 Å². The van der Waals surface area contributed by atoms with Crippen LogP contribution in [0, 0.1) is 0 Å². The van der Waals surface area contributed by atoms with Gasteiger partial charge in [-0.3, -0.25) is 0 Å². The second kappa shape index (κ2) is 4.59. The van der Waals surface area contributed by atoms with Crippen LogP contribution in [0.1, 0.15) is 20.3 Å². The van der Waals surface area contributed by atoms with Gasteiger partial charge in [-0.2, -0.15) is 11.8 Å². The van der Waals surface area contributed by atoms with E-state index in [2.05, 4.69) is 29.1 Å². The van der Waals surface area contributed by atoms with E-state index in [4.69, 9.17) is 10.4 Å². The number of nitrogen functional groups attached to an aromatic ring is 1. The van der Waals surface area contributed by atoms with Crippen LogP contribution in [0.25, 0.3) is 11.0 Å². The Kier molecular flexibility index (Phi) is 3.05. The Labute approximate surface area is 116 Å². The number of benzene rings is 1. The first-order valence-electron chi connectivity index (χ1n) is 6.46. The third-order valence-electron chi connectivity index (χ3n) is 3.60. The van der Waals surface area contributed by atoms with Crippen LogP contribution in [0.4, 0.5) is 11.4 Å². The molecule has 5 nitrogen and oxygen atoms in total. The minimum Gasteiger partial charge on any atom is -0.397 e. The smallest absolute Gasteiger partial charge is 0.160 e. The maximum absolute atomic E-state index is 5.89. The molecule has 2 heterocycles. The molecule has 0 spiro atoms. The lowest BCUT2D eigenvalue weighted by Crippen LogP contribution is -2.27. The lowest BCUT2D eigenvalue weighted by Gasteiger charge is -2.24. The lowest BCUT2D eigenvalue weighted by atomic mass is 10.1. The van der Waals surface area contributed by atoms with Gasteiger partial charge in [0.1, 0.15) is 0 Å². The summed E-state index contributed by atoms with van der Waals surface area (Å²) < 4.78 is 5.17. The number of anilines is 2. The summed E-state index contributed by atoms with van der Waals surface area (Å²) in [4.78, 5) is 2.35. The molecule has 2 N–H and O–H groups in total. The van der Waals surface area contributed by atoms with Gasteiger partial charge in [0.05, 0.1) is 11.4 Å². The highest BCUT2D eigenvalue weighted by Crippen LogP contribution is 2.34. The van der Waals surface area contributed by atoms with E-state index in [1.165, 1.54) is 0 Å². The van der Waals surface area contributed by atoms with Crippen molar-refractivity contribution in [1.29, 1.82) is 0 Å². The van der Waals surface area contributed by atoms with Gasteiger partial charge >= 0.3 is 0 Å².